The largest absolute Gasteiger partial charge is 0.396 e. The first-order valence-electron chi connectivity index (χ1n) is 7.10. The quantitative estimate of drug-likeness (QED) is 0.564. The molecule has 2 rings (SSSR count). The van der Waals surface area contributed by atoms with E-state index in [0.717, 1.165) is 40.2 Å². The number of anilines is 2. The van der Waals surface area contributed by atoms with Crippen LogP contribution in [0, 0.1) is 13.8 Å². The molecule has 0 amide bonds. The first kappa shape index (κ1) is 16.3. The van der Waals surface area contributed by atoms with Crippen LogP contribution in [-0.2, 0) is 0 Å². The summed E-state index contributed by atoms with van der Waals surface area (Å²) in [7, 11) is 0. The average molecular weight is 323 g/mol. The molecule has 1 aromatic carbocycles. The molecule has 2 aromatic rings. The Hall–Kier alpha value is -1.11. The number of aliphatic hydroxyl groups is 1. The van der Waals surface area contributed by atoms with Crippen LogP contribution in [0.5, 0.6) is 0 Å². The topological polar surface area (TPSA) is 58.0 Å². The highest BCUT2D eigenvalue weighted by molar-refractivity contribution is 8.01. The Morgan fingerprint density at radius 2 is 2.00 bits per heavy atom. The Morgan fingerprint density at radius 1 is 1.14 bits per heavy atom. The molecule has 114 valence electrons. The molecule has 0 saturated heterocycles. The Kier molecular flexibility index (Phi) is 6.48. The normalized spacial score (nSPS) is 10.8. The van der Waals surface area contributed by atoms with E-state index in [1.807, 2.05) is 0 Å². The number of rotatable bonds is 8. The van der Waals surface area contributed by atoms with Gasteiger partial charge < -0.3 is 10.4 Å². The SMILES string of the molecule is Cc1ccc(Nc2nnc(SCCCCCO)s2)cc1C. The standard InChI is InChI=1S/C15H21N3OS2/c1-11-6-7-13(10-12(11)2)16-14-17-18-15(21-14)20-9-5-3-4-8-19/h6-7,10,19H,3-5,8-9H2,1-2H3,(H,16,17). The maximum absolute atomic E-state index is 8.73. The van der Waals surface area contributed by atoms with Crippen molar-refractivity contribution in [3.8, 4) is 0 Å². The summed E-state index contributed by atoms with van der Waals surface area (Å²) in [6.45, 7) is 4.50. The van der Waals surface area contributed by atoms with Gasteiger partial charge in [-0.05, 0) is 49.9 Å². The number of aryl methyl sites for hydroxylation is 2. The molecule has 1 heterocycles. The summed E-state index contributed by atoms with van der Waals surface area (Å²) < 4.78 is 0.991. The van der Waals surface area contributed by atoms with Gasteiger partial charge in [-0.25, -0.2) is 0 Å². The predicted molar refractivity (Wildman–Crippen MR) is 90.8 cm³/mol. The second kappa shape index (κ2) is 8.36. The van der Waals surface area contributed by atoms with Crippen molar-refractivity contribution in [3.05, 3.63) is 29.3 Å². The van der Waals surface area contributed by atoms with Crippen molar-refractivity contribution in [2.75, 3.05) is 17.7 Å². The van der Waals surface area contributed by atoms with Crippen LogP contribution in [-0.4, -0.2) is 27.7 Å². The lowest BCUT2D eigenvalue weighted by Crippen LogP contribution is -1.91. The maximum atomic E-state index is 8.73. The van der Waals surface area contributed by atoms with E-state index >= 15 is 0 Å². The van der Waals surface area contributed by atoms with Crippen LogP contribution in [0.4, 0.5) is 10.8 Å². The number of hydrogen-bond donors (Lipinski definition) is 2. The number of unbranched alkanes of at least 4 members (excludes halogenated alkanes) is 2. The van der Waals surface area contributed by atoms with Gasteiger partial charge in [0.2, 0.25) is 5.13 Å². The van der Waals surface area contributed by atoms with Crippen LogP contribution >= 0.6 is 23.1 Å². The van der Waals surface area contributed by atoms with E-state index in [-0.39, 0.29) is 6.61 Å². The van der Waals surface area contributed by atoms with Crippen LogP contribution in [0.3, 0.4) is 0 Å². The van der Waals surface area contributed by atoms with Gasteiger partial charge in [0, 0.05) is 18.0 Å². The summed E-state index contributed by atoms with van der Waals surface area (Å²) in [5.74, 6) is 1.03. The van der Waals surface area contributed by atoms with Gasteiger partial charge in [-0.3, -0.25) is 0 Å². The number of nitrogens with one attached hydrogen (secondary N) is 1. The van der Waals surface area contributed by atoms with Crippen molar-refractivity contribution in [1.82, 2.24) is 10.2 Å². The Morgan fingerprint density at radius 3 is 2.76 bits per heavy atom. The first-order chi connectivity index (χ1) is 10.2. The summed E-state index contributed by atoms with van der Waals surface area (Å²) in [5.41, 5.74) is 3.61. The molecular weight excluding hydrogens is 302 g/mol. The predicted octanol–water partition coefficient (Wildman–Crippen LogP) is 4.15. The lowest BCUT2D eigenvalue weighted by molar-refractivity contribution is 0.284. The molecule has 0 radical (unpaired) electrons. The summed E-state index contributed by atoms with van der Waals surface area (Å²) in [4.78, 5) is 0. The molecule has 0 aliphatic rings. The van der Waals surface area contributed by atoms with Crippen LogP contribution in [0.25, 0.3) is 0 Å². The number of benzene rings is 1. The summed E-state index contributed by atoms with van der Waals surface area (Å²) >= 11 is 3.31. The van der Waals surface area contributed by atoms with E-state index in [1.165, 1.54) is 11.1 Å². The molecule has 0 spiro atoms. The van der Waals surface area contributed by atoms with E-state index in [2.05, 4.69) is 47.6 Å². The van der Waals surface area contributed by atoms with Gasteiger partial charge in [0.25, 0.3) is 0 Å². The van der Waals surface area contributed by atoms with E-state index in [9.17, 15) is 0 Å². The highest BCUT2D eigenvalue weighted by Gasteiger charge is 2.05. The number of aromatic nitrogens is 2. The lowest BCUT2D eigenvalue weighted by Gasteiger charge is -2.05. The second-order valence-corrected chi connectivity index (χ2v) is 7.25. The fraction of sp³-hybridized carbons (Fsp3) is 0.467. The molecule has 0 aliphatic heterocycles. The Labute approximate surface area is 134 Å². The van der Waals surface area contributed by atoms with Gasteiger partial charge in [-0.1, -0.05) is 35.6 Å². The van der Waals surface area contributed by atoms with Gasteiger partial charge in [-0.15, -0.1) is 10.2 Å². The Bertz CT molecular complexity index is 572. The molecule has 0 fully saturated rings. The van der Waals surface area contributed by atoms with Crippen molar-refractivity contribution >= 4 is 33.9 Å². The average Bonchev–Trinajstić information content (AvgIpc) is 2.90. The number of aliphatic hydroxyl groups excluding tert-OH is 1. The molecular formula is C15H21N3OS2. The smallest absolute Gasteiger partial charge is 0.210 e. The van der Waals surface area contributed by atoms with E-state index in [1.54, 1.807) is 23.1 Å². The highest BCUT2D eigenvalue weighted by Crippen LogP contribution is 2.28. The lowest BCUT2D eigenvalue weighted by atomic mass is 10.1. The minimum atomic E-state index is 0.285. The maximum Gasteiger partial charge on any atom is 0.210 e. The minimum absolute atomic E-state index is 0.285. The van der Waals surface area contributed by atoms with E-state index < -0.39 is 0 Å². The van der Waals surface area contributed by atoms with Crippen LogP contribution < -0.4 is 5.32 Å². The zero-order valence-electron chi connectivity index (χ0n) is 12.4. The number of hydrogen-bond acceptors (Lipinski definition) is 6. The van der Waals surface area contributed by atoms with Gasteiger partial charge in [0.05, 0.1) is 0 Å². The van der Waals surface area contributed by atoms with Gasteiger partial charge >= 0.3 is 0 Å². The van der Waals surface area contributed by atoms with Crippen molar-refractivity contribution in [3.63, 3.8) is 0 Å². The molecule has 0 bridgehead atoms. The summed E-state index contributed by atoms with van der Waals surface area (Å²) in [6, 6.07) is 6.29. The molecule has 6 heteroatoms. The minimum Gasteiger partial charge on any atom is -0.396 e. The van der Waals surface area contributed by atoms with E-state index in [4.69, 9.17) is 5.11 Å². The van der Waals surface area contributed by atoms with Crippen LogP contribution in [0.15, 0.2) is 22.5 Å². The summed E-state index contributed by atoms with van der Waals surface area (Å²) in [6.07, 6.45) is 3.05. The van der Waals surface area contributed by atoms with Crippen LogP contribution in [0.2, 0.25) is 0 Å². The molecule has 4 nitrogen and oxygen atoms in total. The molecule has 0 aliphatic carbocycles. The zero-order chi connectivity index (χ0) is 15.1. The third-order valence-corrected chi connectivity index (χ3v) is 5.25. The highest BCUT2D eigenvalue weighted by atomic mass is 32.2. The molecule has 2 N–H and O–H groups in total. The Balaban J connectivity index is 1.83. The van der Waals surface area contributed by atoms with Gasteiger partial charge in [0.15, 0.2) is 4.34 Å². The summed E-state index contributed by atoms with van der Waals surface area (Å²) in [5, 5.41) is 21.2. The van der Waals surface area contributed by atoms with Gasteiger partial charge in [-0.2, -0.15) is 0 Å². The van der Waals surface area contributed by atoms with Crippen molar-refractivity contribution in [2.24, 2.45) is 0 Å². The fourth-order valence-electron chi connectivity index (χ4n) is 1.81. The van der Waals surface area contributed by atoms with Crippen molar-refractivity contribution in [2.45, 2.75) is 37.4 Å². The third-order valence-electron chi connectivity index (χ3n) is 3.19. The number of thioether (sulfide) groups is 1. The first-order valence-corrected chi connectivity index (χ1v) is 8.90. The monoisotopic (exact) mass is 323 g/mol. The van der Waals surface area contributed by atoms with Gasteiger partial charge in [0.1, 0.15) is 0 Å². The fourth-order valence-corrected chi connectivity index (χ4v) is 3.65. The molecule has 0 saturated carbocycles. The molecule has 0 atom stereocenters. The second-order valence-electron chi connectivity index (χ2n) is 4.93. The number of nitrogens with zero attached hydrogens (tertiary/aromatic N) is 2. The molecule has 21 heavy (non-hydrogen) atoms. The van der Waals surface area contributed by atoms with Crippen LogP contribution in [0.1, 0.15) is 30.4 Å². The molecule has 0 unspecified atom stereocenters. The zero-order valence-corrected chi connectivity index (χ0v) is 14.1. The van der Waals surface area contributed by atoms with Crippen molar-refractivity contribution in [1.29, 1.82) is 0 Å². The molecule has 1 aromatic heterocycles. The van der Waals surface area contributed by atoms with Crippen molar-refractivity contribution < 1.29 is 5.11 Å². The third kappa shape index (κ3) is 5.30. The van der Waals surface area contributed by atoms with E-state index in [0.29, 0.717) is 0 Å².